The summed E-state index contributed by atoms with van der Waals surface area (Å²) in [5, 5.41) is 3.78. The first kappa shape index (κ1) is 11.5. The van der Waals surface area contributed by atoms with E-state index in [0.717, 1.165) is 31.5 Å². The van der Waals surface area contributed by atoms with Gasteiger partial charge in [-0.25, -0.2) is 0 Å². The van der Waals surface area contributed by atoms with E-state index >= 15 is 0 Å². The molecule has 1 aromatic carbocycles. The number of hydrogen-bond donors (Lipinski definition) is 1. The SMILES string of the molecule is CN1C(=O)CCN1c1ccccc1CC1(N)CC1. The summed E-state index contributed by atoms with van der Waals surface area (Å²) in [5.74, 6) is 0.179. The minimum atomic E-state index is -0.00158. The van der Waals surface area contributed by atoms with Crippen LogP contribution in [0, 0.1) is 0 Å². The summed E-state index contributed by atoms with van der Waals surface area (Å²) >= 11 is 0. The topological polar surface area (TPSA) is 49.6 Å². The summed E-state index contributed by atoms with van der Waals surface area (Å²) < 4.78 is 0. The summed E-state index contributed by atoms with van der Waals surface area (Å²) in [6, 6.07) is 8.27. The molecule has 4 nitrogen and oxygen atoms in total. The lowest BCUT2D eigenvalue weighted by Gasteiger charge is -2.28. The number of para-hydroxylation sites is 1. The van der Waals surface area contributed by atoms with Gasteiger partial charge in [0.1, 0.15) is 0 Å². The highest BCUT2D eigenvalue weighted by Gasteiger charge is 2.39. The number of rotatable bonds is 3. The van der Waals surface area contributed by atoms with Crippen LogP contribution in [0.25, 0.3) is 0 Å². The van der Waals surface area contributed by atoms with Crippen molar-refractivity contribution in [2.45, 2.75) is 31.2 Å². The Balaban J connectivity index is 1.89. The zero-order valence-corrected chi connectivity index (χ0v) is 10.7. The quantitative estimate of drug-likeness (QED) is 0.873. The van der Waals surface area contributed by atoms with E-state index in [-0.39, 0.29) is 11.4 Å². The Labute approximate surface area is 107 Å². The van der Waals surface area contributed by atoms with Crippen molar-refractivity contribution < 1.29 is 4.79 Å². The predicted octanol–water partition coefficient (Wildman–Crippen LogP) is 1.30. The molecule has 2 N–H and O–H groups in total. The van der Waals surface area contributed by atoms with Gasteiger partial charge in [0.25, 0.3) is 0 Å². The van der Waals surface area contributed by atoms with Crippen LogP contribution in [-0.4, -0.2) is 30.0 Å². The van der Waals surface area contributed by atoms with Crippen molar-refractivity contribution in [2.24, 2.45) is 5.73 Å². The lowest BCUT2D eigenvalue weighted by atomic mass is 10.0. The maximum Gasteiger partial charge on any atom is 0.242 e. The minimum absolute atomic E-state index is 0.00158. The number of anilines is 1. The van der Waals surface area contributed by atoms with Crippen LogP contribution in [-0.2, 0) is 11.2 Å². The average Bonchev–Trinajstić information content (AvgIpc) is 2.99. The lowest BCUT2D eigenvalue weighted by molar-refractivity contribution is -0.126. The van der Waals surface area contributed by atoms with Gasteiger partial charge in [-0.1, -0.05) is 18.2 Å². The summed E-state index contributed by atoms with van der Waals surface area (Å²) in [6.45, 7) is 0.768. The highest BCUT2D eigenvalue weighted by atomic mass is 16.2. The fourth-order valence-electron chi connectivity index (χ4n) is 2.56. The van der Waals surface area contributed by atoms with Gasteiger partial charge in [-0.05, 0) is 30.9 Å². The van der Waals surface area contributed by atoms with Gasteiger partial charge in [0.2, 0.25) is 5.91 Å². The van der Waals surface area contributed by atoms with Gasteiger partial charge in [-0.3, -0.25) is 14.8 Å². The second kappa shape index (κ2) is 3.99. The number of benzene rings is 1. The van der Waals surface area contributed by atoms with Gasteiger partial charge >= 0.3 is 0 Å². The highest BCUT2D eigenvalue weighted by molar-refractivity contribution is 5.82. The molecular formula is C14H19N3O. The van der Waals surface area contributed by atoms with Crippen LogP contribution in [0.4, 0.5) is 5.69 Å². The molecule has 0 atom stereocenters. The predicted molar refractivity (Wildman–Crippen MR) is 71.0 cm³/mol. The molecule has 4 heteroatoms. The maximum absolute atomic E-state index is 11.6. The molecule has 2 aliphatic rings. The number of hydrogen-bond acceptors (Lipinski definition) is 3. The second-order valence-electron chi connectivity index (χ2n) is 5.46. The molecule has 1 aliphatic carbocycles. The van der Waals surface area contributed by atoms with Crippen LogP contribution in [0.1, 0.15) is 24.8 Å². The number of carbonyl (C=O) groups excluding carboxylic acids is 1. The Morgan fingerprint density at radius 3 is 2.67 bits per heavy atom. The highest BCUT2D eigenvalue weighted by Crippen LogP contribution is 2.38. The van der Waals surface area contributed by atoms with Gasteiger partial charge in [-0.2, -0.15) is 0 Å². The van der Waals surface area contributed by atoms with Crippen LogP contribution in [0.15, 0.2) is 24.3 Å². The van der Waals surface area contributed by atoms with Crippen LogP contribution >= 0.6 is 0 Å². The average molecular weight is 245 g/mol. The van der Waals surface area contributed by atoms with Gasteiger partial charge < -0.3 is 5.73 Å². The van der Waals surface area contributed by atoms with Crippen molar-refractivity contribution in [1.29, 1.82) is 0 Å². The van der Waals surface area contributed by atoms with E-state index in [1.54, 1.807) is 5.01 Å². The first-order valence-electron chi connectivity index (χ1n) is 6.50. The van der Waals surface area contributed by atoms with E-state index in [9.17, 15) is 4.79 Å². The number of nitrogens with two attached hydrogens (primary N) is 1. The molecule has 0 spiro atoms. The Morgan fingerprint density at radius 1 is 1.33 bits per heavy atom. The smallest absolute Gasteiger partial charge is 0.242 e. The molecule has 1 saturated heterocycles. The molecule has 1 aliphatic heterocycles. The summed E-state index contributed by atoms with van der Waals surface area (Å²) in [5.41, 5.74) is 8.58. The fourth-order valence-corrected chi connectivity index (χ4v) is 2.56. The molecule has 1 saturated carbocycles. The molecule has 0 bridgehead atoms. The molecule has 0 aromatic heterocycles. The van der Waals surface area contributed by atoms with Crippen molar-refractivity contribution in [2.75, 3.05) is 18.6 Å². The van der Waals surface area contributed by atoms with Gasteiger partial charge in [0.05, 0.1) is 5.69 Å². The zero-order chi connectivity index (χ0) is 12.8. The number of nitrogens with zero attached hydrogens (tertiary/aromatic N) is 2. The Hall–Kier alpha value is -1.55. The van der Waals surface area contributed by atoms with Crippen molar-refractivity contribution >= 4 is 11.6 Å². The summed E-state index contributed by atoms with van der Waals surface area (Å²) in [4.78, 5) is 11.6. The van der Waals surface area contributed by atoms with E-state index in [0.29, 0.717) is 6.42 Å². The monoisotopic (exact) mass is 245 g/mol. The number of amides is 1. The summed E-state index contributed by atoms with van der Waals surface area (Å²) in [7, 11) is 1.83. The maximum atomic E-state index is 11.6. The molecule has 1 aromatic rings. The second-order valence-corrected chi connectivity index (χ2v) is 5.46. The Morgan fingerprint density at radius 2 is 2.06 bits per heavy atom. The van der Waals surface area contributed by atoms with Crippen LogP contribution < -0.4 is 10.7 Å². The van der Waals surface area contributed by atoms with Crippen LogP contribution in [0.3, 0.4) is 0 Å². The molecule has 96 valence electrons. The van der Waals surface area contributed by atoms with Crippen molar-refractivity contribution in [3.8, 4) is 0 Å². The van der Waals surface area contributed by atoms with Crippen molar-refractivity contribution in [3.63, 3.8) is 0 Å². The number of carbonyl (C=O) groups is 1. The first-order valence-corrected chi connectivity index (χ1v) is 6.50. The third-order valence-electron chi connectivity index (χ3n) is 3.96. The molecule has 2 fully saturated rings. The van der Waals surface area contributed by atoms with Gasteiger partial charge in [0.15, 0.2) is 0 Å². The normalized spacial score (nSPS) is 21.6. The largest absolute Gasteiger partial charge is 0.325 e. The minimum Gasteiger partial charge on any atom is -0.325 e. The van der Waals surface area contributed by atoms with E-state index in [4.69, 9.17) is 5.73 Å². The van der Waals surface area contributed by atoms with Gasteiger partial charge in [0, 0.05) is 25.6 Å². The summed E-state index contributed by atoms with van der Waals surface area (Å²) in [6.07, 6.45) is 3.71. The molecular weight excluding hydrogens is 226 g/mol. The third-order valence-corrected chi connectivity index (χ3v) is 3.96. The molecule has 18 heavy (non-hydrogen) atoms. The fraction of sp³-hybridized carbons (Fsp3) is 0.500. The molecule has 1 heterocycles. The third kappa shape index (κ3) is 1.97. The van der Waals surface area contributed by atoms with Crippen LogP contribution in [0.2, 0.25) is 0 Å². The number of hydrazine groups is 1. The van der Waals surface area contributed by atoms with E-state index in [1.165, 1.54) is 5.56 Å². The molecule has 3 rings (SSSR count). The molecule has 0 unspecified atom stereocenters. The molecule has 0 radical (unpaired) electrons. The van der Waals surface area contributed by atoms with Crippen LogP contribution in [0.5, 0.6) is 0 Å². The zero-order valence-electron chi connectivity index (χ0n) is 10.7. The van der Waals surface area contributed by atoms with E-state index in [1.807, 2.05) is 19.2 Å². The van der Waals surface area contributed by atoms with E-state index in [2.05, 4.69) is 17.1 Å². The van der Waals surface area contributed by atoms with Crippen molar-refractivity contribution in [1.82, 2.24) is 5.01 Å². The Bertz CT molecular complexity index is 482. The van der Waals surface area contributed by atoms with Crippen molar-refractivity contribution in [3.05, 3.63) is 29.8 Å². The first-order chi connectivity index (χ1) is 8.59. The lowest BCUT2D eigenvalue weighted by Crippen LogP contribution is -2.36. The standard InChI is InChI=1S/C14H19N3O/c1-16-13(18)6-9-17(16)12-5-3-2-4-11(12)10-14(15)7-8-14/h2-5H,6-10,15H2,1H3. The molecule has 1 amide bonds. The van der Waals surface area contributed by atoms with Gasteiger partial charge in [-0.15, -0.1) is 0 Å². The Kier molecular flexibility index (Phi) is 2.55. The van der Waals surface area contributed by atoms with E-state index < -0.39 is 0 Å².